The smallest absolute Gasteiger partial charge is 0.230 e. The Morgan fingerprint density at radius 1 is 1.05 bits per heavy atom. The van der Waals surface area contributed by atoms with E-state index >= 15 is 0 Å². The molecule has 2 aliphatic carbocycles. The molecule has 21 heavy (non-hydrogen) atoms. The Balaban J connectivity index is 1.79. The Kier molecular flexibility index (Phi) is 4.29. The molecule has 2 N–H and O–H groups in total. The molecule has 3 rings (SSSR count). The molecular weight excluding hydrogens is 262 g/mol. The van der Waals surface area contributed by atoms with Gasteiger partial charge in [-0.1, -0.05) is 56.0 Å². The second-order valence-corrected chi connectivity index (χ2v) is 6.59. The molecule has 0 spiro atoms. The van der Waals surface area contributed by atoms with Crippen LogP contribution in [0.2, 0.25) is 0 Å². The van der Waals surface area contributed by atoms with Crippen molar-refractivity contribution in [2.24, 2.45) is 0 Å². The molecule has 3 nitrogen and oxygen atoms in total. The van der Waals surface area contributed by atoms with Gasteiger partial charge in [-0.05, 0) is 31.2 Å². The van der Waals surface area contributed by atoms with Crippen molar-refractivity contribution in [3.63, 3.8) is 0 Å². The van der Waals surface area contributed by atoms with Crippen molar-refractivity contribution in [1.29, 1.82) is 0 Å². The van der Waals surface area contributed by atoms with Crippen LogP contribution in [0.15, 0.2) is 30.3 Å². The first-order valence-corrected chi connectivity index (χ1v) is 8.27. The number of carbonyl (C=O) groups excluding carboxylic acids is 1. The predicted octanol–water partition coefficient (Wildman–Crippen LogP) is 2.92. The van der Waals surface area contributed by atoms with Crippen LogP contribution in [0, 0.1) is 0 Å². The van der Waals surface area contributed by atoms with Crippen LogP contribution in [-0.2, 0) is 10.2 Å². The standard InChI is InChI=1S/C18H25NO2/c20-16-11-5-4-10-15(16)19-17(21)18(12-6-7-13-18)14-8-2-1-3-9-14/h1-3,8-9,15-16,20H,4-7,10-13H2,(H,19,21)/t15-,16-/m0/s1. The molecule has 2 atom stereocenters. The Morgan fingerprint density at radius 3 is 2.38 bits per heavy atom. The summed E-state index contributed by atoms with van der Waals surface area (Å²) in [6, 6.07) is 10.1. The van der Waals surface area contributed by atoms with Gasteiger partial charge in [-0.3, -0.25) is 4.79 Å². The van der Waals surface area contributed by atoms with Gasteiger partial charge in [0.05, 0.1) is 17.6 Å². The van der Waals surface area contributed by atoms with Gasteiger partial charge in [-0.2, -0.15) is 0 Å². The maximum absolute atomic E-state index is 13.0. The normalized spacial score (nSPS) is 28.2. The summed E-state index contributed by atoms with van der Waals surface area (Å²) in [6.07, 6.45) is 7.55. The monoisotopic (exact) mass is 287 g/mol. The van der Waals surface area contributed by atoms with E-state index in [1.54, 1.807) is 0 Å². The van der Waals surface area contributed by atoms with Gasteiger partial charge in [0.2, 0.25) is 5.91 Å². The molecule has 0 radical (unpaired) electrons. The van der Waals surface area contributed by atoms with Gasteiger partial charge in [0.25, 0.3) is 0 Å². The molecule has 2 aliphatic rings. The number of carbonyl (C=O) groups is 1. The van der Waals surface area contributed by atoms with Gasteiger partial charge in [0.1, 0.15) is 0 Å². The van der Waals surface area contributed by atoms with Crippen LogP contribution in [0.5, 0.6) is 0 Å². The fourth-order valence-corrected chi connectivity index (χ4v) is 3.97. The first kappa shape index (κ1) is 14.6. The Hall–Kier alpha value is -1.35. The van der Waals surface area contributed by atoms with Crippen LogP contribution in [-0.4, -0.2) is 23.2 Å². The summed E-state index contributed by atoms with van der Waals surface area (Å²) in [4.78, 5) is 13.0. The van der Waals surface area contributed by atoms with Crippen LogP contribution in [0.25, 0.3) is 0 Å². The minimum atomic E-state index is -0.378. The third kappa shape index (κ3) is 2.84. The van der Waals surface area contributed by atoms with Gasteiger partial charge in [0.15, 0.2) is 0 Å². The quantitative estimate of drug-likeness (QED) is 0.898. The number of hydrogen-bond donors (Lipinski definition) is 2. The van der Waals surface area contributed by atoms with Crippen LogP contribution in [0.3, 0.4) is 0 Å². The molecule has 0 aliphatic heterocycles. The number of rotatable bonds is 3. The third-order valence-corrected chi connectivity index (χ3v) is 5.26. The van der Waals surface area contributed by atoms with Crippen LogP contribution < -0.4 is 5.32 Å². The molecular formula is C18H25NO2. The summed E-state index contributed by atoms with van der Waals surface area (Å²) < 4.78 is 0. The number of aliphatic hydroxyl groups excluding tert-OH is 1. The minimum Gasteiger partial charge on any atom is -0.391 e. The van der Waals surface area contributed by atoms with E-state index in [2.05, 4.69) is 17.4 Å². The van der Waals surface area contributed by atoms with Crippen molar-refractivity contribution in [3.05, 3.63) is 35.9 Å². The van der Waals surface area contributed by atoms with E-state index in [1.807, 2.05) is 18.2 Å². The van der Waals surface area contributed by atoms with E-state index in [0.717, 1.165) is 56.9 Å². The lowest BCUT2D eigenvalue weighted by Gasteiger charge is -2.34. The van der Waals surface area contributed by atoms with E-state index in [0.29, 0.717) is 0 Å². The van der Waals surface area contributed by atoms with E-state index < -0.39 is 0 Å². The summed E-state index contributed by atoms with van der Waals surface area (Å²) in [6.45, 7) is 0. The summed E-state index contributed by atoms with van der Waals surface area (Å²) in [5.74, 6) is 0.122. The van der Waals surface area contributed by atoms with Gasteiger partial charge >= 0.3 is 0 Å². The van der Waals surface area contributed by atoms with Crippen molar-refractivity contribution in [2.45, 2.75) is 68.9 Å². The highest BCUT2D eigenvalue weighted by atomic mass is 16.3. The average Bonchev–Trinajstić information content (AvgIpc) is 3.01. The summed E-state index contributed by atoms with van der Waals surface area (Å²) >= 11 is 0. The molecule has 2 saturated carbocycles. The van der Waals surface area contributed by atoms with Crippen LogP contribution in [0.1, 0.15) is 56.9 Å². The topological polar surface area (TPSA) is 49.3 Å². The fraction of sp³-hybridized carbons (Fsp3) is 0.611. The third-order valence-electron chi connectivity index (χ3n) is 5.26. The number of benzene rings is 1. The molecule has 2 fully saturated rings. The van der Waals surface area contributed by atoms with Gasteiger partial charge in [-0.25, -0.2) is 0 Å². The molecule has 1 aromatic rings. The van der Waals surface area contributed by atoms with Crippen molar-refractivity contribution in [1.82, 2.24) is 5.32 Å². The highest BCUT2D eigenvalue weighted by Gasteiger charge is 2.43. The zero-order chi connectivity index (χ0) is 14.7. The first-order valence-electron chi connectivity index (χ1n) is 8.27. The maximum atomic E-state index is 13.0. The fourth-order valence-electron chi connectivity index (χ4n) is 3.97. The second-order valence-electron chi connectivity index (χ2n) is 6.59. The number of nitrogens with one attached hydrogen (secondary N) is 1. The number of amides is 1. The Morgan fingerprint density at radius 2 is 1.71 bits per heavy atom. The highest BCUT2D eigenvalue weighted by Crippen LogP contribution is 2.41. The lowest BCUT2D eigenvalue weighted by Crippen LogP contribution is -2.51. The van der Waals surface area contributed by atoms with E-state index in [1.165, 1.54) is 0 Å². The maximum Gasteiger partial charge on any atom is 0.230 e. The minimum absolute atomic E-state index is 0.0626. The average molecular weight is 287 g/mol. The summed E-state index contributed by atoms with van der Waals surface area (Å²) in [7, 11) is 0. The highest BCUT2D eigenvalue weighted by molar-refractivity contribution is 5.88. The van der Waals surface area contributed by atoms with Gasteiger partial charge in [-0.15, -0.1) is 0 Å². The van der Waals surface area contributed by atoms with Gasteiger partial charge < -0.3 is 10.4 Å². The largest absolute Gasteiger partial charge is 0.391 e. The molecule has 1 amide bonds. The molecule has 0 bridgehead atoms. The lowest BCUT2D eigenvalue weighted by molar-refractivity contribution is -0.128. The van der Waals surface area contributed by atoms with Crippen LogP contribution >= 0.6 is 0 Å². The molecule has 0 saturated heterocycles. The predicted molar refractivity (Wildman–Crippen MR) is 83.0 cm³/mol. The first-order chi connectivity index (χ1) is 10.2. The molecule has 1 aromatic carbocycles. The molecule has 0 unspecified atom stereocenters. The zero-order valence-electron chi connectivity index (χ0n) is 12.6. The summed E-state index contributed by atoms with van der Waals surface area (Å²) in [5, 5.41) is 13.3. The van der Waals surface area contributed by atoms with Gasteiger partial charge in [0, 0.05) is 0 Å². The van der Waals surface area contributed by atoms with E-state index in [-0.39, 0.29) is 23.5 Å². The Bertz CT molecular complexity index is 479. The van der Waals surface area contributed by atoms with E-state index in [4.69, 9.17) is 0 Å². The second kappa shape index (κ2) is 6.18. The van der Waals surface area contributed by atoms with Crippen molar-refractivity contribution < 1.29 is 9.90 Å². The van der Waals surface area contributed by atoms with Crippen molar-refractivity contribution >= 4 is 5.91 Å². The van der Waals surface area contributed by atoms with Crippen molar-refractivity contribution in [2.75, 3.05) is 0 Å². The lowest BCUT2D eigenvalue weighted by atomic mass is 9.77. The molecule has 114 valence electrons. The number of aliphatic hydroxyl groups is 1. The van der Waals surface area contributed by atoms with Crippen molar-refractivity contribution in [3.8, 4) is 0 Å². The van der Waals surface area contributed by atoms with E-state index in [9.17, 15) is 9.90 Å². The molecule has 0 aromatic heterocycles. The molecule has 0 heterocycles. The number of hydrogen-bond acceptors (Lipinski definition) is 2. The molecule has 3 heteroatoms. The summed E-state index contributed by atoms with van der Waals surface area (Å²) in [5.41, 5.74) is 0.753. The zero-order valence-corrected chi connectivity index (χ0v) is 12.6. The van der Waals surface area contributed by atoms with Crippen LogP contribution in [0.4, 0.5) is 0 Å². The Labute approximate surface area is 126 Å². The SMILES string of the molecule is O=C(N[C@H]1CCCC[C@@H]1O)C1(c2ccccc2)CCCC1.